The average Bonchev–Trinajstić information content (AvgIpc) is 3.90. The number of hydrogen-bond acceptors (Lipinski definition) is 7. The number of para-hydroxylation sites is 1. The van der Waals surface area contributed by atoms with Crippen LogP contribution in [0.25, 0.3) is 21.9 Å². The maximum Gasteiger partial charge on any atom is 0.407 e. The van der Waals surface area contributed by atoms with Gasteiger partial charge in [0.05, 0.1) is 11.6 Å². The number of amides is 3. The Bertz CT molecular complexity index is 1970. The van der Waals surface area contributed by atoms with Gasteiger partial charge in [-0.15, -0.1) is 5.10 Å². The summed E-state index contributed by atoms with van der Waals surface area (Å²) < 4.78 is 20.7. The second-order valence-corrected chi connectivity index (χ2v) is 16.1. The number of hydrogen-bond donors (Lipinski definition) is 3. The summed E-state index contributed by atoms with van der Waals surface area (Å²) in [5, 5.41) is 14.7. The lowest BCUT2D eigenvalue weighted by molar-refractivity contribution is -0.142. The van der Waals surface area contributed by atoms with Gasteiger partial charge >= 0.3 is 6.09 Å². The Balaban J connectivity index is 1.04. The van der Waals surface area contributed by atoms with E-state index in [-0.39, 0.29) is 35.5 Å². The molecule has 1 saturated heterocycles. The molecule has 53 heavy (non-hydrogen) atoms. The minimum absolute atomic E-state index is 0.0105. The summed E-state index contributed by atoms with van der Waals surface area (Å²) in [5.74, 6) is -0.456. The molecule has 0 radical (unpaired) electrons. The van der Waals surface area contributed by atoms with E-state index in [1.165, 1.54) is 11.1 Å². The summed E-state index contributed by atoms with van der Waals surface area (Å²) in [7, 11) is 0. The van der Waals surface area contributed by atoms with E-state index in [0.717, 1.165) is 43.0 Å². The third-order valence-electron chi connectivity index (χ3n) is 11.5. The van der Waals surface area contributed by atoms with Crippen molar-refractivity contribution in [2.45, 2.75) is 103 Å². The van der Waals surface area contributed by atoms with E-state index in [0.29, 0.717) is 60.6 Å². The van der Waals surface area contributed by atoms with E-state index in [9.17, 15) is 23.6 Å². The molecule has 2 aliphatic carbocycles. The Morgan fingerprint density at radius 3 is 2.45 bits per heavy atom. The second-order valence-electron chi connectivity index (χ2n) is 16.1. The van der Waals surface area contributed by atoms with Crippen LogP contribution in [0.3, 0.4) is 0 Å². The zero-order valence-electron chi connectivity index (χ0n) is 30.8. The largest absolute Gasteiger partial charge is 0.444 e. The summed E-state index contributed by atoms with van der Waals surface area (Å²) in [6.07, 6.45) is 8.09. The highest BCUT2D eigenvalue weighted by Crippen LogP contribution is 2.41. The third-order valence-corrected chi connectivity index (χ3v) is 11.5. The van der Waals surface area contributed by atoms with Crippen LogP contribution in [-0.4, -0.2) is 79.6 Å². The molecule has 7 rings (SSSR count). The number of nitrogens with one attached hydrogen (secondary N) is 3. The van der Waals surface area contributed by atoms with Gasteiger partial charge < -0.3 is 25.3 Å². The number of aromatic nitrogens is 4. The van der Waals surface area contributed by atoms with Gasteiger partial charge in [0.15, 0.2) is 0 Å². The number of aromatic amines is 1. The van der Waals surface area contributed by atoms with Crippen LogP contribution in [-0.2, 0) is 14.3 Å². The molecule has 0 bridgehead atoms. The van der Waals surface area contributed by atoms with Gasteiger partial charge in [-0.1, -0.05) is 49.5 Å². The molecule has 0 unspecified atom stereocenters. The van der Waals surface area contributed by atoms with Crippen molar-refractivity contribution in [2.24, 2.45) is 23.7 Å². The second kappa shape index (κ2) is 15.3. The quantitative estimate of drug-likeness (QED) is 0.177. The van der Waals surface area contributed by atoms with Crippen LogP contribution in [0, 0.1) is 23.7 Å². The van der Waals surface area contributed by atoms with E-state index >= 15 is 0 Å². The summed E-state index contributed by atoms with van der Waals surface area (Å²) >= 11 is 0. The number of ether oxygens (including phenoxy) is 1. The molecule has 2 aromatic carbocycles. The number of carbonyl (C=O) groups is 4. The van der Waals surface area contributed by atoms with Gasteiger partial charge in [0.1, 0.15) is 29.5 Å². The standard InChI is InChI=1S/C40H50FN7O5/c1-40(2,3)53-39(52)44-33(23-41)25-13-15-26(16-14-25)37(50)47-20-19-29(24-9-5-4-6-10-24)35(47)36(49)42-28-17-18-30-27(21-28)22-32(43-30)38(51)48-34-12-8-7-11-31(34)45-46-48/h7-8,11-12,17-18,21-22,24-26,29,33,35,43H,4-6,9-10,13-16,19-20,23H2,1-3H3,(H,42,49)(H,44,52)/t25?,26?,29-,33+,35-/m0/s1. The maximum absolute atomic E-state index is 14.3. The molecule has 2 aromatic heterocycles. The molecule has 3 fully saturated rings. The number of nitrogens with zero attached hydrogens (tertiary/aromatic N) is 4. The molecule has 12 nitrogen and oxygen atoms in total. The van der Waals surface area contributed by atoms with Gasteiger partial charge in [-0.2, -0.15) is 4.68 Å². The zero-order valence-corrected chi connectivity index (χ0v) is 30.8. The Morgan fingerprint density at radius 2 is 1.72 bits per heavy atom. The van der Waals surface area contributed by atoms with Crippen molar-refractivity contribution in [3.05, 3.63) is 54.2 Å². The first-order chi connectivity index (χ1) is 25.5. The van der Waals surface area contributed by atoms with Crippen molar-refractivity contribution in [2.75, 3.05) is 18.5 Å². The third kappa shape index (κ3) is 7.94. The van der Waals surface area contributed by atoms with E-state index in [2.05, 4.69) is 25.9 Å². The Morgan fingerprint density at radius 1 is 0.962 bits per heavy atom. The topological polar surface area (TPSA) is 151 Å². The molecule has 3 aliphatic rings. The summed E-state index contributed by atoms with van der Waals surface area (Å²) in [4.78, 5) is 59.3. The van der Waals surface area contributed by atoms with Gasteiger partial charge in [0.2, 0.25) is 11.8 Å². The van der Waals surface area contributed by atoms with Crippen LogP contribution in [0.5, 0.6) is 0 Å². The molecule has 3 atom stereocenters. The van der Waals surface area contributed by atoms with Crippen molar-refractivity contribution in [1.82, 2.24) is 30.2 Å². The first-order valence-corrected chi connectivity index (χ1v) is 19.1. The van der Waals surface area contributed by atoms with Crippen LogP contribution < -0.4 is 10.6 Å². The van der Waals surface area contributed by atoms with Crippen molar-refractivity contribution in [1.29, 1.82) is 0 Å². The number of benzene rings is 2. The first kappa shape index (κ1) is 36.5. The summed E-state index contributed by atoms with van der Waals surface area (Å²) in [6, 6.07) is 13.2. The molecule has 3 amide bonds. The predicted molar refractivity (Wildman–Crippen MR) is 199 cm³/mol. The SMILES string of the molecule is CC(C)(C)OC(=O)N[C@H](CF)C1CCC(C(=O)N2CC[C@@H](C3CCCCC3)[C@H]2C(=O)Nc2ccc3[nH]c(C(=O)n4nnc5ccccc54)cc3c2)CC1. The lowest BCUT2D eigenvalue weighted by Crippen LogP contribution is -2.50. The molecule has 282 valence electrons. The van der Waals surface area contributed by atoms with E-state index < -0.39 is 30.5 Å². The number of anilines is 1. The monoisotopic (exact) mass is 727 g/mol. The smallest absolute Gasteiger partial charge is 0.407 e. The number of H-pyrrole nitrogens is 1. The number of halogens is 1. The highest BCUT2D eigenvalue weighted by molar-refractivity contribution is 6.04. The molecule has 4 aromatic rings. The van der Waals surface area contributed by atoms with E-state index in [4.69, 9.17) is 4.74 Å². The number of fused-ring (bicyclic) bond motifs is 2. The molecule has 0 spiro atoms. The fourth-order valence-electron chi connectivity index (χ4n) is 8.87. The molecular weight excluding hydrogens is 677 g/mol. The van der Waals surface area contributed by atoms with Crippen molar-refractivity contribution in [3.8, 4) is 0 Å². The lowest BCUT2D eigenvalue weighted by Gasteiger charge is -2.37. The molecule has 1 aliphatic heterocycles. The van der Waals surface area contributed by atoms with Crippen LogP contribution in [0.15, 0.2) is 48.5 Å². The van der Waals surface area contributed by atoms with Gasteiger partial charge in [-0.25, -0.2) is 9.18 Å². The minimum atomic E-state index is -0.703. The first-order valence-electron chi connectivity index (χ1n) is 19.1. The fourth-order valence-corrected chi connectivity index (χ4v) is 8.87. The Hall–Kier alpha value is -4.81. The van der Waals surface area contributed by atoms with Crippen molar-refractivity contribution < 1.29 is 28.3 Å². The molecular formula is C40H50FN7O5. The number of alkyl carbamates (subject to hydrolysis) is 1. The van der Waals surface area contributed by atoms with Crippen LogP contribution in [0.1, 0.15) is 95.5 Å². The number of rotatable bonds is 8. The lowest BCUT2D eigenvalue weighted by atomic mass is 9.76. The minimum Gasteiger partial charge on any atom is -0.444 e. The van der Waals surface area contributed by atoms with Gasteiger partial charge in [0.25, 0.3) is 5.91 Å². The van der Waals surface area contributed by atoms with Crippen molar-refractivity contribution >= 4 is 51.4 Å². The number of alkyl halides is 1. The summed E-state index contributed by atoms with van der Waals surface area (Å²) in [6.45, 7) is 5.13. The fraction of sp³-hybridized carbons (Fsp3) is 0.550. The van der Waals surface area contributed by atoms with Crippen LogP contribution in [0.4, 0.5) is 14.9 Å². The van der Waals surface area contributed by atoms with Crippen molar-refractivity contribution in [3.63, 3.8) is 0 Å². The van der Waals surface area contributed by atoms with Crippen LogP contribution in [0.2, 0.25) is 0 Å². The Kier molecular flexibility index (Phi) is 10.5. The van der Waals surface area contributed by atoms with Crippen LogP contribution >= 0.6 is 0 Å². The predicted octanol–water partition coefficient (Wildman–Crippen LogP) is 7.01. The normalized spacial score (nSPS) is 23.2. The molecule has 3 heterocycles. The van der Waals surface area contributed by atoms with Gasteiger partial charge in [-0.3, -0.25) is 14.4 Å². The van der Waals surface area contributed by atoms with E-state index in [1.54, 1.807) is 45.0 Å². The highest BCUT2D eigenvalue weighted by Gasteiger charge is 2.47. The zero-order chi connectivity index (χ0) is 37.3. The average molecular weight is 728 g/mol. The highest BCUT2D eigenvalue weighted by atomic mass is 19.1. The van der Waals surface area contributed by atoms with E-state index in [1.807, 2.05) is 29.2 Å². The molecule has 2 saturated carbocycles. The van der Waals surface area contributed by atoms with Gasteiger partial charge in [0, 0.05) is 29.1 Å². The van der Waals surface area contributed by atoms with Gasteiger partial charge in [-0.05, 0) is 107 Å². The number of carbonyl (C=O) groups excluding carboxylic acids is 4. The Labute approximate surface area is 308 Å². The molecule has 13 heteroatoms. The number of likely N-dealkylation sites (tertiary alicyclic amines) is 1. The summed E-state index contributed by atoms with van der Waals surface area (Å²) in [5.41, 5.74) is 2.22. The maximum atomic E-state index is 14.3. The molecule has 3 N–H and O–H groups in total.